The molecule has 1 atom stereocenters. The van der Waals surface area contributed by atoms with Gasteiger partial charge in [-0.1, -0.05) is 26.3 Å². The predicted molar refractivity (Wildman–Crippen MR) is 86.9 cm³/mol. The minimum Gasteiger partial charge on any atom is -0.504 e. The van der Waals surface area contributed by atoms with Crippen LogP contribution in [0.2, 0.25) is 0 Å². The lowest BCUT2D eigenvalue weighted by molar-refractivity contribution is -0.139. The smallest absolute Gasteiger partial charge is 0.383 e. The van der Waals surface area contributed by atoms with Gasteiger partial charge in [0.1, 0.15) is 0 Å². The average molecular weight is 336 g/mol. The summed E-state index contributed by atoms with van der Waals surface area (Å²) in [7, 11) is 0. The molecule has 0 bridgehead atoms. The molecule has 0 saturated carbocycles. The third-order valence-corrected chi connectivity index (χ3v) is 3.53. The second kappa shape index (κ2) is 7.72. The number of hydrogen-bond acceptors (Lipinski definition) is 6. The van der Waals surface area contributed by atoms with Crippen molar-refractivity contribution in [2.75, 3.05) is 6.61 Å². The van der Waals surface area contributed by atoms with E-state index < -0.39 is 18.2 Å². The molecule has 2 rings (SSSR count). The number of ether oxygens (including phenoxy) is 2. The number of aromatic hydroxyl groups is 1. The van der Waals surface area contributed by atoms with Crippen molar-refractivity contribution in [3.63, 3.8) is 0 Å². The van der Waals surface area contributed by atoms with E-state index in [2.05, 4.69) is 0 Å². The van der Waals surface area contributed by atoms with Gasteiger partial charge in [-0.2, -0.15) is 0 Å². The van der Waals surface area contributed by atoms with Gasteiger partial charge in [0, 0.05) is 0 Å². The van der Waals surface area contributed by atoms with Crippen LogP contribution in [0.25, 0.3) is 11.0 Å². The topological polar surface area (TPSA) is 106 Å². The van der Waals surface area contributed by atoms with E-state index in [4.69, 9.17) is 19.0 Å². The Labute approximate surface area is 138 Å². The van der Waals surface area contributed by atoms with Gasteiger partial charge < -0.3 is 24.1 Å². The zero-order valence-electron chi connectivity index (χ0n) is 13.6. The number of carboxylic acids is 1. The molecule has 1 aromatic carbocycles. The number of benzene rings is 1. The van der Waals surface area contributed by atoms with Crippen LogP contribution in [-0.2, 0) is 4.79 Å². The Kier molecular flexibility index (Phi) is 5.68. The third kappa shape index (κ3) is 3.79. The Morgan fingerprint density at radius 2 is 2.08 bits per heavy atom. The van der Waals surface area contributed by atoms with E-state index in [0.717, 1.165) is 12.8 Å². The molecule has 0 radical (unpaired) electrons. The Hall–Kier alpha value is -2.70. The summed E-state index contributed by atoms with van der Waals surface area (Å²) >= 11 is 0. The lowest BCUT2D eigenvalue weighted by Gasteiger charge is -2.17. The highest BCUT2D eigenvalue weighted by molar-refractivity contribution is 5.89. The largest absolute Gasteiger partial charge is 0.504 e. The second-order valence-corrected chi connectivity index (χ2v) is 5.32. The van der Waals surface area contributed by atoms with Gasteiger partial charge in [-0.15, -0.1) is 0 Å². The van der Waals surface area contributed by atoms with E-state index in [0.29, 0.717) is 6.42 Å². The van der Waals surface area contributed by atoms with Crippen LogP contribution in [0.15, 0.2) is 27.4 Å². The minimum atomic E-state index is -1.16. The van der Waals surface area contributed by atoms with Gasteiger partial charge in [0.05, 0.1) is 11.5 Å². The van der Waals surface area contributed by atoms with Gasteiger partial charge in [-0.25, -0.2) is 9.59 Å². The fourth-order valence-electron chi connectivity index (χ4n) is 2.36. The molecule has 0 saturated heterocycles. The molecular weight excluding hydrogens is 316 g/mol. The summed E-state index contributed by atoms with van der Waals surface area (Å²) in [5.74, 6) is -1.67. The quantitative estimate of drug-likeness (QED) is 0.714. The summed E-state index contributed by atoms with van der Waals surface area (Å²) in [5.41, 5.74) is -0.849. The molecular formula is C17H20O7. The average Bonchev–Trinajstić information content (AvgIpc) is 2.55. The Morgan fingerprint density at radius 1 is 1.33 bits per heavy atom. The van der Waals surface area contributed by atoms with Crippen molar-refractivity contribution in [1.82, 2.24) is 0 Å². The predicted octanol–water partition coefficient (Wildman–Crippen LogP) is 2.92. The van der Waals surface area contributed by atoms with Crippen molar-refractivity contribution in [3.05, 3.63) is 28.6 Å². The van der Waals surface area contributed by atoms with Crippen LogP contribution in [-0.4, -0.2) is 28.9 Å². The number of carboxylic acid groups (broad SMARTS) is 1. The first-order valence-electron chi connectivity index (χ1n) is 7.77. The van der Waals surface area contributed by atoms with Crippen molar-refractivity contribution in [1.29, 1.82) is 0 Å². The van der Waals surface area contributed by atoms with Crippen LogP contribution in [0.5, 0.6) is 17.2 Å². The Morgan fingerprint density at radius 3 is 2.71 bits per heavy atom. The van der Waals surface area contributed by atoms with Crippen LogP contribution in [0.3, 0.4) is 0 Å². The number of fused-ring (bicyclic) bond motifs is 1. The molecule has 0 amide bonds. The molecule has 1 heterocycles. The highest BCUT2D eigenvalue weighted by Crippen LogP contribution is 2.36. The van der Waals surface area contributed by atoms with E-state index in [1.165, 1.54) is 12.1 Å². The number of rotatable bonds is 8. The van der Waals surface area contributed by atoms with Crippen LogP contribution in [0.4, 0.5) is 0 Å². The molecule has 7 nitrogen and oxygen atoms in total. The van der Waals surface area contributed by atoms with Crippen molar-refractivity contribution in [2.45, 2.75) is 39.2 Å². The molecule has 2 aromatic rings. The van der Waals surface area contributed by atoms with Crippen molar-refractivity contribution in [2.24, 2.45) is 0 Å². The highest BCUT2D eigenvalue weighted by Gasteiger charge is 2.21. The first-order valence-corrected chi connectivity index (χ1v) is 7.77. The first kappa shape index (κ1) is 17.7. The summed E-state index contributed by atoms with van der Waals surface area (Å²) in [6, 6.07) is 4.56. The molecule has 0 fully saturated rings. The normalized spacial score (nSPS) is 12.1. The molecule has 2 N–H and O–H groups in total. The molecule has 0 aliphatic heterocycles. The molecule has 24 heavy (non-hydrogen) atoms. The monoisotopic (exact) mass is 336 g/mol. The summed E-state index contributed by atoms with van der Waals surface area (Å²) in [4.78, 5) is 22.8. The van der Waals surface area contributed by atoms with Gasteiger partial charge in [0.25, 0.3) is 0 Å². The standard InChI is InChI=1S/C17H20O7/c1-3-6-10(4-2)23-16-14(20)11-7-5-8-12(22-9-13(18)19)15(11)24-17(16)21/h5,7-8,10,20H,3-4,6,9H2,1-2H3,(H,18,19). The zero-order valence-corrected chi connectivity index (χ0v) is 13.6. The first-order chi connectivity index (χ1) is 11.5. The molecule has 1 unspecified atom stereocenters. The minimum absolute atomic E-state index is 0.0165. The lowest BCUT2D eigenvalue weighted by atomic mass is 10.1. The third-order valence-electron chi connectivity index (χ3n) is 3.53. The van der Waals surface area contributed by atoms with E-state index in [-0.39, 0.29) is 34.3 Å². The SMILES string of the molecule is CCCC(CC)Oc1c(O)c2cccc(OCC(=O)O)c2oc1=O. The summed E-state index contributed by atoms with van der Waals surface area (Å²) in [6.07, 6.45) is 2.11. The van der Waals surface area contributed by atoms with Gasteiger partial charge in [0.2, 0.25) is 5.75 Å². The van der Waals surface area contributed by atoms with E-state index >= 15 is 0 Å². The van der Waals surface area contributed by atoms with E-state index in [1.807, 2.05) is 13.8 Å². The zero-order chi connectivity index (χ0) is 17.7. The summed E-state index contributed by atoms with van der Waals surface area (Å²) in [6.45, 7) is 3.34. The van der Waals surface area contributed by atoms with Gasteiger partial charge in [0.15, 0.2) is 23.7 Å². The highest BCUT2D eigenvalue weighted by atomic mass is 16.5. The van der Waals surface area contributed by atoms with Gasteiger partial charge in [-0.05, 0) is 25.0 Å². The molecule has 130 valence electrons. The van der Waals surface area contributed by atoms with Gasteiger partial charge >= 0.3 is 11.6 Å². The van der Waals surface area contributed by atoms with Crippen LogP contribution >= 0.6 is 0 Å². The van der Waals surface area contributed by atoms with E-state index in [9.17, 15) is 14.7 Å². The summed E-state index contributed by atoms with van der Waals surface area (Å²) < 4.78 is 15.9. The van der Waals surface area contributed by atoms with Crippen molar-refractivity contribution < 1.29 is 28.9 Å². The maximum absolute atomic E-state index is 12.2. The molecule has 7 heteroatoms. The van der Waals surface area contributed by atoms with Crippen molar-refractivity contribution >= 4 is 16.9 Å². The maximum atomic E-state index is 12.2. The lowest BCUT2D eigenvalue weighted by Crippen LogP contribution is -2.19. The summed E-state index contributed by atoms with van der Waals surface area (Å²) in [5, 5.41) is 19.3. The second-order valence-electron chi connectivity index (χ2n) is 5.32. The number of hydrogen-bond donors (Lipinski definition) is 2. The Balaban J connectivity index is 2.46. The number of carbonyl (C=O) groups is 1. The van der Waals surface area contributed by atoms with Crippen LogP contribution < -0.4 is 15.1 Å². The number of para-hydroxylation sites is 1. The molecule has 0 aliphatic rings. The molecule has 0 spiro atoms. The molecule has 1 aromatic heterocycles. The molecule has 0 aliphatic carbocycles. The van der Waals surface area contributed by atoms with Crippen LogP contribution in [0, 0.1) is 0 Å². The van der Waals surface area contributed by atoms with Crippen molar-refractivity contribution in [3.8, 4) is 17.2 Å². The van der Waals surface area contributed by atoms with E-state index in [1.54, 1.807) is 6.07 Å². The van der Waals surface area contributed by atoms with Gasteiger partial charge in [-0.3, -0.25) is 0 Å². The fraction of sp³-hybridized carbons (Fsp3) is 0.412. The number of aliphatic carboxylic acids is 1. The Bertz CT molecular complexity index is 778. The fourth-order valence-corrected chi connectivity index (χ4v) is 2.36. The van der Waals surface area contributed by atoms with Crippen LogP contribution in [0.1, 0.15) is 33.1 Å². The maximum Gasteiger partial charge on any atom is 0.383 e.